The van der Waals surface area contributed by atoms with Crippen molar-refractivity contribution >= 4 is 22.8 Å². The number of fused-ring (bicyclic) bond motifs is 1. The van der Waals surface area contributed by atoms with E-state index in [2.05, 4.69) is 5.38 Å². The fourth-order valence-electron chi connectivity index (χ4n) is 1.90. The van der Waals surface area contributed by atoms with Crippen molar-refractivity contribution in [3.8, 4) is 11.3 Å². The normalized spacial score (nSPS) is 10.8. The van der Waals surface area contributed by atoms with E-state index in [1.54, 1.807) is 23.6 Å². The molecule has 0 saturated heterocycles. The lowest BCUT2D eigenvalue weighted by atomic mass is 10.2. The molecule has 0 aliphatic rings. The number of nitrogens with zero attached hydrogens (tertiary/aromatic N) is 1. The van der Waals surface area contributed by atoms with E-state index in [9.17, 15) is 4.79 Å². The molecule has 3 aromatic rings. The lowest BCUT2D eigenvalue weighted by molar-refractivity contribution is 0.0697. The highest BCUT2D eigenvalue weighted by Crippen LogP contribution is 2.24. The Bertz CT molecular complexity index is 683. The van der Waals surface area contributed by atoms with E-state index in [1.165, 1.54) is 0 Å². The van der Waals surface area contributed by atoms with Crippen LogP contribution in [0.2, 0.25) is 0 Å². The third kappa shape index (κ3) is 1.62. The fourth-order valence-corrected chi connectivity index (χ4v) is 2.55. The minimum Gasteiger partial charge on any atom is -0.478 e. The first-order valence-corrected chi connectivity index (χ1v) is 6.07. The van der Waals surface area contributed by atoms with Gasteiger partial charge in [0.05, 0.1) is 11.3 Å². The lowest BCUT2D eigenvalue weighted by Gasteiger charge is -2.03. The maximum atomic E-state index is 11.0. The molecule has 84 valence electrons. The average Bonchev–Trinajstić information content (AvgIpc) is 2.97. The van der Waals surface area contributed by atoms with E-state index in [-0.39, 0.29) is 0 Å². The molecule has 0 amide bonds. The molecule has 17 heavy (non-hydrogen) atoms. The summed E-state index contributed by atoms with van der Waals surface area (Å²) in [7, 11) is 0. The summed E-state index contributed by atoms with van der Waals surface area (Å²) in [5, 5.41) is 13.1. The molecule has 0 spiro atoms. The summed E-state index contributed by atoms with van der Waals surface area (Å²) in [5.41, 5.74) is 3.32. The number of aromatic carboxylic acids is 1. The molecule has 0 unspecified atom stereocenters. The predicted octanol–water partition coefficient (Wildman–Crippen LogP) is 3.37. The summed E-state index contributed by atoms with van der Waals surface area (Å²) < 4.78 is 1.91. The Balaban J connectivity index is 2.29. The monoisotopic (exact) mass is 243 g/mol. The Kier molecular flexibility index (Phi) is 2.23. The van der Waals surface area contributed by atoms with Gasteiger partial charge in [-0.25, -0.2) is 4.79 Å². The van der Waals surface area contributed by atoms with Gasteiger partial charge in [-0.2, -0.15) is 11.3 Å². The molecule has 0 fully saturated rings. The minimum atomic E-state index is -0.898. The van der Waals surface area contributed by atoms with Gasteiger partial charge in [0.15, 0.2) is 0 Å². The van der Waals surface area contributed by atoms with Crippen molar-refractivity contribution in [2.24, 2.45) is 0 Å². The van der Waals surface area contributed by atoms with E-state index in [4.69, 9.17) is 5.11 Å². The summed E-state index contributed by atoms with van der Waals surface area (Å²) >= 11 is 1.63. The van der Waals surface area contributed by atoms with Crippen LogP contribution in [0.4, 0.5) is 0 Å². The molecule has 0 atom stereocenters. The first kappa shape index (κ1) is 10.1. The summed E-state index contributed by atoms with van der Waals surface area (Å²) in [5.74, 6) is -0.898. The molecular formula is C13H9NO2S. The summed E-state index contributed by atoms with van der Waals surface area (Å²) in [6.07, 6.45) is 1.66. The van der Waals surface area contributed by atoms with Crippen LogP contribution in [0.25, 0.3) is 16.8 Å². The Labute approximate surface area is 102 Å². The molecule has 0 aliphatic heterocycles. The quantitative estimate of drug-likeness (QED) is 0.749. The predicted molar refractivity (Wildman–Crippen MR) is 67.7 cm³/mol. The van der Waals surface area contributed by atoms with Gasteiger partial charge in [-0.05, 0) is 29.6 Å². The van der Waals surface area contributed by atoms with E-state index < -0.39 is 5.97 Å². The number of carboxylic acids is 1. The van der Waals surface area contributed by atoms with Crippen molar-refractivity contribution in [2.75, 3.05) is 0 Å². The van der Waals surface area contributed by atoms with Crippen molar-refractivity contribution in [3.05, 3.63) is 52.9 Å². The highest BCUT2D eigenvalue weighted by molar-refractivity contribution is 7.08. The molecule has 0 aliphatic carbocycles. The van der Waals surface area contributed by atoms with Gasteiger partial charge in [-0.15, -0.1) is 0 Å². The molecule has 0 aromatic carbocycles. The number of carboxylic acid groups (broad SMARTS) is 1. The van der Waals surface area contributed by atoms with Crippen LogP contribution in [0, 0.1) is 0 Å². The lowest BCUT2D eigenvalue weighted by Crippen LogP contribution is -1.93. The number of hydrogen-bond donors (Lipinski definition) is 1. The summed E-state index contributed by atoms with van der Waals surface area (Å²) in [6, 6.07) is 9.54. The van der Waals surface area contributed by atoms with Gasteiger partial charge in [0, 0.05) is 22.7 Å². The van der Waals surface area contributed by atoms with Crippen molar-refractivity contribution in [3.63, 3.8) is 0 Å². The zero-order valence-corrected chi connectivity index (χ0v) is 9.65. The molecule has 1 N–H and O–H groups in total. The van der Waals surface area contributed by atoms with Gasteiger partial charge in [0.2, 0.25) is 0 Å². The zero-order chi connectivity index (χ0) is 11.8. The number of thiophene rings is 1. The number of pyridine rings is 1. The van der Waals surface area contributed by atoms with Gasteiger partial charge in [-0.3, -0.25) is 0 Å². The first-order valence-electron chi connectivity index (χ1n) is 5.13. The SMILES string of the molecule is O=C(O)c1cc2cccc(-c3ccsc3)n2c1. The van der Waals surface area contributed by atoms with Crippen LogP contribution in [-0.4, -0.2) is 15.5 Å². The van der Waals surface area contributed by atoms with Gasteiger partial charge in [0.25, 0.3) is 0 Å². The third-order valence-corrected chi connectivity index (χ3v) is 3.38. The molecule has 3 nitrogen and oxygen atoms in total. The first-order chi connectivity index (χ1) is 8.25. The van der Waals surface area contributed by atoms with Crippen LogP contribution in [0.15, 0.2) is 47.3 Å². The molecule has 3 aromatic heterocycles. The van der Waals surface area contributed by atoms with Crippen LogP contribution in [0.1, 0.15) is 10.4 Å². The smallest absolute Gasteiger partial charge is 0.337 e. The number of rotatable bonds is 2. The molecule has 0 bridgehead atoms. The fraction of sp³-hybridized carbons (Fsp3) is 0. The third-order valence-electron chi connectivity index (χ3n) is 2.69. The highest BCUT2D eigenvalue weighted by Gasteiger charge is 2.09. The Hall–Kier alpha value is -2.07. The van der Waals surface area contributed by atoms with Gasteiger partial charge in [0.1, 0.15) is 0 Å². The topological polar surface area (TPSA) is 41.7 Å². The Morgan fingerprint density at radius 1 is 1.29 bits per heavy atom. The number of hydrogen-bond acceptors (Lipinski definition) is 2. The van der Waals surface area contributed by atoms with Crippen LogP contribution < -0.4 is 0 Å². The van der Waals surface area contributed by atoms with E-state index >= 15 is 0 Å². The molecular weight excluding hydrogens is 234 g/mol. The van der Waals surface area contributed by atoms with Gasteiger partial charge in [-0.1, -0.05) is 6.07 Å². The second kappa shape index (κ2) is 3.75. The van der Waals surface area contributed by atoms with Gasteiger partial charge < -0.3 is 9.51 Å². The maximum absolute atomic E-state index is 11.0. The van der Waals surface area contributed by atoms with Crippen LogP contribution in [0.5, 0.6) is 0 Å². The Morgan fingerprint density at radius 3 is 2.88 bits per heavy atom. The molecule has 3 heterocycles. The van der Waals surface area contributed by atoms with Gasteiger partial charge >= 0.3 is 5.97 Å². The van der Waals surface area contributed by atoms with Crippen molar-refractivity contribution in [1.29, 1.82) is 0 Å². The van der Waals surface area contributed by atoms with Crippen molar-refractivity contribution in [2.45, 2.75) is 0 Å². The number of aromatic nitrogens is 1. The average molecular weight is 243 g/mol. The van der Waals surface area contributed by atoms with E-state index in [0.717, 1.165) is 16.8 Å². The maximum Gasteiger partial charge on any atom is 0.337 e. The molecule has 3 rings (SSSR count). The van der Waals surface area contributed by atoms with Crippen LogP contribution in [0.3, 0.4) is 0 Å². The highest BCUT2D eigenvalue weighted by atomic mass is 32.1. The number of carbonyl (C=O) groups is 1. The van der Waals surface area contributed by atoms with E-state index in [0.29, 0.717) is 5.56 Å². The largest absolute Gasteiger partial charge is 0.478 e. The summed E-state index contributed by atoms with van der Waals surface area (Å²) in [6.45, 7) is 0. The van der Waals surface area contributed by atoms with Crippen LogP contribution >= 0.6 is 11.3 Å². The van der Waals surface area contributed by atoms with Crippen LogP contribution in [-0.2, 0) is 0 Å². The van der Waals surface area contributed by atoms with Crippen molar-refractivity contribution < 1.29 is 9.90 Å². The van der Waals surface area contributed by atoms with E-state index in [1.807, 2.05) is 34.0 Å². The molecule has 0 radical (unpaired) electrons. The molecule has 0 saturated carbocycles. The minimum absolute atomic E-state index is 0.313. The van der Waals surface area contributed by atoms with Crippen molar-refractivity contribution in [1.82, 2.24) is 4.40 Å². The zero-order valence-electron chi connectivity index (χ0n) is 8.83. The molecule has 4 heteroatoms. The standard InChI is InChI=1S/C13H9NO2S/c15-13(16)10-6-11-2-1-3-12(14(11)7-10)9-4-5-17-8-9/h1-8H,(H,15,16). The Morgan fingerprint density at radius 2 is 2.18 bits per heavy atom. The second-order valence-electron chi connectivity index (χ2n) is 3.75. The summed E-state index contributed by atoms with van der Waals surface area (Å²) in [4.78, 5) is 11.0. The second-order valence-corrected chi connectivity index (χ2v) is 4.53.